The van der Waals surface area contributed by atoms with Crippen molar-refractivity contribution in [1.29, 1.82) is 0 Å². The summed E-state index contributed by atoms with van der Waals surface area (Å²) in [5.74, 6) is 0. The van der Waals surface area contributed by atoms with Gasteiger partial charge in [-0.3, -0.25) is 0 Å². The first-order valence-electron chi connectivity index (χ1n) is 6.32. The van der Waals surface area contributed by atoms with E-state index in [1.807, 2.05) is 6.92 Å². The number of anilines is 1. The van der Waals surface area contributed by atoms with Crippen molar-refractivity contribution in [3.05, 3.63) is 44.1 Å². The molecule has 0 spiro atoms. The Morgan fingerprint density at radius 3 is 2.48 bits per heavy atom. The summed E-state index contributed by atoms with van der Waals surface area (Å²) >= 11 is 7.20. The lowest BCUT2D eigenvalue weighted by Crippen LogP contribution is -2.25. The van der Waals surface area contributed by atoms with Crippen LogP contribution < -0.4 is 10.5 Å². The van der Waals surface area contributed by atoms with Crippen LogP contribution in [0, 0.1) is 20.8 Å². The molecule has 21 heavy (non-hydrogen) atoms. The maximum absolute atomic E-state index is 12.6. The number of hydrogen-bond donors (Lipinski definition) is 2. The van der Waals surface area contributed by atoms with Crippen molar-refractivity contribution in [1.82, 2.24) is 4.72 Å². The van der Waals surface area contributed by atoms with Gasteiger partial charge in [0, 0.05) is 17.1 Å². The number of rotatable bonds is 4. The Morgan fingerprint density at radius 2 is 1.90 bits per heavy atom. The number of aryl methyl sites for hydroxylation is 1. The minimum atomic E-state index is -3.62. The molecule has 1 heterocycles. The molecular formula is C14H17ClN2O2S2. The number of hydrogen-bond acceptors (Lipinski definition) is 4. The molecule has 0 unspecified atom stereocenters. The summed E-state index contributed by atoms with van der Waals surface area (Å²) in [6.45, 7) is 5.58. The van der Waals surface area contributed by atoms with Crippen LogP contribution in [0.4, 0.5) is 5.69 Å². The first-order valence-corrected chi connectivity index (χ1v) is 9.00. The third kappa shape index (κ3) is 3.40. The van der Waals surface area contributed by atoms with Gasteiger partial charge in [0.05, 0.1) is 9.23 Å². The van der Waals surface area contributed by atoms with Crippen molar-refractivity contribution in [2.75, 3.05) is 5.73 Å². The Labute approximate surface area is 134 Å². The van der Waals surface area contributed by atoms with E-state index < -0.39 is 10.0 Å². The van der Waals surface area contributed by atoms with E-state index in [0.717, 1.165) is 16.0 Å². The van der Waals surface area contributed by atoms with Gasteiger partial charge in [-0.15, -0.1) is 11.3 Å². The third-order valence-corrected chi connectivity index (χ3v) is 6.32. The van der Waals surface area contributed by atoms with Crippen LogP contribution >= 0.6 is 22.9 Å². The summed E-state index contributed by atoms with van der Waals surface area (Å²) in [7, 11) is -3.62. The van der Waals surface area contributed by atoms with Crippen LogP contribution in [-0.4, -0.2) is 8.42 Å². The summed E-state index contributed by atoms with van der Waals surface area (Å²) in [5.41, 5.74) is 8.53. The molecule has 2 aromatic rings. The molecule has 2 rings (SSSR count). The summed E-state index contributed by atoms with van der Waals surface area (Å²) in [5, 5.41) is 0. The van der Waals surface area contributed by atoms with Gasteiger partial charge in [-0.1, -0.05) is 11.6 Å². The highest BCUT2D eigenvalue weighted by Gasteiger charge is 2.22. The monoisotopic (exact) mass is 344 g/mol. The van der Waals surface area contributed by atoms with Gasteiger partial charge in [0.1, 0.15) is 0 Å². The van der Waals surface area contributed by atoms with Crippen molar-refractivity contribution >= 4 is 38.6 Å². The number of thiophene rings is 1. The average molecular weight is 345 g/mol. The van der Waals surface area contributed by atoms with Crippen molar-refractivity contribution in [3.63, 3.8) is 0 Å². The molecule has 0 bridgehead atoms. The second-order valence-corrected chi connectivity index (χ2v) is 8.40. The molecule has 0 saturated carbocycles. The molecule has 1 aromatic heterocycles. The smallest absolute Gasteiger partial charge is 0.241 e. The van der Waals surface area contributed by atoms with Crippen molar-refractivity contribution in [2.24, 2.45) is 0 Å². The first-order chi connectivity index (χ1) is 9.72. The Bertz CT molecular complexity index is 756. The lowest BCUT2D eigenvalue weighted by Gasteiger charge is -2.15. The molecule has 0 saturated heterocycles. The van der Waals surface area contributed by atoms with Gasteiger partial charge in [0.15, 0.2) is 0 Å². The average Bonchev–Trinajstić information content (AvgIpc) is 2.80. The minimum absolute atomic E-state index is 0.215. The first kappa shape index (κ1) is 16.3. The molecule has 4 nitrogen and oxygen atoms in total. The van der Waals surface area contributed by atoms with Crippen LogP contribution in [0.15, 0.2) is 23.1 Å². The van der Waals surface area contributed by atoms with E-state index >= 15 is 0 Å². The molecular weight excluding hydrogens is 328 g/mol. The zero-order valence-corrected chi connectivity index (χ0v) is 14.4. The lowest BCUT2D eigenvalue weighted by atomic mass is 10.1. The van der Waals surface area contributed by atoms with E-state index in [1.54, 1.807) is 32.0 Å². The SMILES string of the molecule is Cc1cc(N)c(C)c(S(=O)(=O)NCc2ccc(Cl)s2)c1C. The highest BCUT2D eigenvalue weighted by atomic mass is 35.5. The van der Waals surface area contributed by atoms with E-state index in [4.69, 9.17) is 17.3 Å². The van der Waals surface area contributed by atoms with E-state index in [1.165, 1.54) is 11.3 Å². The molecule has 0 radical (unpaired) electrons. The highest BCUT2D eigenvalue weighted by molar-refractivity contribution is 7.89. The molecule has 1 aromatic carbocycles. The van der Waals surface area contributed by atoms with Crippen LogP contribution in [0.1, 0.15) is 21.6 Å². The Hall–Kier alpha value is -1.08. The van der Waals surface area contributed by atoms with Gasteiger partial charge in [0.2, 0.25) is 10.0 Å². The molecule has 0 atom stereocenters. The maximum atomic E-state index is 12.6. The number of halogens is 1. The molecule has 0 aliphatic carbocycles. The minimum Gasteiger partial charge on any atom is -0.398 e. The second-order valence-electron chi connectivity index (χ2n) is 4.89. The van der Waals surface area contributed by atoms with Crippen LogP contribution in [0.3, 0.4) is 0 Å². The van der Waals surface area contributed by atoms with E-state index in [2.05, 4.69) is 4.72 Å². The Kier molecular flexibility index (Phi) is 4.63. The molecule has 0 amide bonds. The predicted molar refractivity (Wildman–Crippen MR) is 88.4 cm³/mol. The number of nitrogen functional groups attached to an aromatic ring is 1. The van der Waals surface area contributed by atoms with E-state index in [9.17, 15) is 8.42 Å². The number of nitrogens with two attached hydrogens (primary N) is 1. The van der Waals surface area contributed by atoms with Crippen LogP contribution in [0.25, 0.3) is 0 Å². The normalized spacial score (nSPS) is 11.8. The maximum Gasteiger partial charge on any atom is 0.241 e. The summed E-state index contributed by atoms with van der Waals surface area (Å²) in [4.78, 5) is 1.13. The quantitative estimate of drug-likeness (QED) is 0.835. The second kappa shape index (κ2) is 5.96. The van der Waals surface area contributed by atoms with Crippen molar-refractivity contribution < 1.29 is 8.42 Å². The topological polar surface area (TPSA) is 72.2 Å². The molecule has 7 heteroatoms. The highest BCUT2D eigenvalue weighted by Crippen LogP contribution is 2.28. The summed E-state index contributed by atoms with van der Waals surface area (Å²) < 4.78 is 28.4. The fourth-order valence-corrected chi connectivity index (χ4v) is 4.82. The van der Waals surface area contributed by atoms with E-state index in [0.29, 0.717) is 15.6 Å². The fraction of sp³-hybridized carbons (Fsp3) is 0.286. The molecule has 0 fully saturated rings. The summed E-state index contributed by atoms with van der Waals surface area (Å²) in [6.07, 6.45) is 0. The van der Waals surface area contributed by atoms with Gasteiger partial charge < -0.3 is 5.73 Å². The fourth-order valence-electron chi connectivity index (χ4n) is 2.13. The van der Waals surface area contributed by atoms with Gasteiger partial charge in [0.25, 0.3) is 0 Å². The largest absolute Gasteiger partial charge is 0.398 e. The number of benzene rings is 1. The van der Waals surface area contributed by atoms with Crippen LogP contribution in [0.5, 0.6) is 0 Å². The van der Waals surface area contributed by atoms with Gasteiger partial charge in [-0.2, -0.15) is 0 Å². The van der Waals surface area contributed by atoms with Crippen molar-refractivity contribution in [2.45, 2.75) is 32.2 Å². The summed E-state index contributed by atoms with van der Waals surface area (Å²) in [6, 6.07) is 5.35. The molecule has 0 aliphatic rings. The van der Waals surface area contributed by atoms with Gasteiger partial charge >= 0.3 is 0 Å². The Balaban J connectivity index is 2.36. The molecule has 0 aliphatic heterocycles. The standard InChI is InChI=1S/C14H17ClN2O2S2/c1-8-6-12(16)10(3)14(9(8)2)21(18,19)17-7-11-4-5-13(15)20-11/h4-6,17H,7,16H2,1-3H3. The number of nitrogens with one attached hydrogen (secondary N) is 1. The number of sulfonamides is 1. The zero-order chi connectivity index (χ0) is 15.8. The Morgan fingerprint density at radius 1 is 1.24 bits per heavy atom. The molecule has 114 valence electrons. The molecule has 3 N–H and O–H groups in total. The van der Waals surface area contributed by atoms with Gasteiger partial charge in [-0.25, -0.2) is 13.1 Å². The van der Waals surface area contributed by atoms with Crippen LogP contribution in [0.2, 0.25) is 4.34 Å². The third-order valence-electron chi connectivity index (χ3n) is 3.41. The van der Waals surface area contributed by atoms with Crippen molar-refractivity contribution in [3.8, 4) is 0 Å². The predicted octanol–water partition coefficient (Wildman–Crippen LogP) is 3.39. The zero-order valence-electron chi connectivity index (χ0n) is 12.0. The van der Waals surface area contributed by atoms with E-state index in [-0.39, 0.29) is 11.4 Å². The van der Waals surface area contributed by atoms with Crippen LogP contribution in [-0.2, 0) is 16.6 Å². The lowest BCUT2D eigenvalue weighted by molar-refractivity contribution is 0.580. The van der Waals surface area contributed by atoms with Gasteiger partial charge in [-0.05, 0) is 55.7 Å².